The predicted molar refractivity (Wildman–Crippen MR) is 63.9 cm³/mol. The van der Waals surface area contributed by atoms with E-state index in [9.17, 15) is 14.0 Å². The molecule has 1 aliphatic rings. The normalized spacial score (nSPS) is 22.8. The van der Waals surface area contributed by atoms with E-state index in [1.54, 1.807) is 0 Å². The number of halogens is 1. The Bertz CT molecular complexity index is 522. The second-order valence-electron chi connectivity index (χ2n) is 4.16. The number of carbonyl (C=O) groups excluding carboxylic acids is 2. The number of urea groups is 1. The summed E-state index contributed by atoms with van der Waals surface area (Å²) < 4.78 is 18.3. The lowest BCUT2D eigenvalue weighted by Gasteiger charge is -2.21. The number of aliphatic hydroxyl groups excluding tert-OH is 1. The predicted octanol–water partition coefficient (Wildman–Crippen LogP) is 0.607. The van der Waals surface area contributed by atoms with Gasteiger partial charge in [0.2, 0.25) is 5.72 Å². The minimum atomic E-state index is -1.55. The summed E-state index contributed by atoms with van der Waals surface area (Å²) in [4.78, 5) is 24.8. The van der Waals surface area contributed by atoms with E-state index in [0.717, 1.165) is 11.0 Å². The molecule has 1 heterocycles. The van der Waals surface area contributed by atoms with Gasteiger partial charge in [0.15, 0.2) is 0 Å². The van der Waals surface area contributed by atoms with Gasteiger partial charge in [-0.05, 0) is 25.1 Å². The maximum absolute atomic E-state index is 13.1. The number of hydrogen-bond donors (Lipinski definition) is 2. The molecule has 1 aromatic rings. The summed E-state index contributed by atoms with van der Waals surface area (Å²) in [5, 5.41) is 11.1. The third-order valence-corrected chi connectivity index (χ3v) is 2.71. The molecular formula is C12H13FN2O4. The van der Waals surface area contributed by atoms with Crippen LogP contribution in [0.1, 0.15) is 6.92 Å². The molecule has 6 nitrogen and oxygen atoms in total. The summed E-state index contributed by atoms with van der Waals surface area (Å²) in [7, 11) is 0. The van der Waals surface area contributed by atoms with Crippen molar-refractivity contribution in [2.24, 2.45) is 0 Å². The molecule has 0 bridgehead atoms. The number of amides is 3. The number of benzene rings is 1. The summed E-state index contributed by atoms with van der Waals surface area (Å²) in [5.41, 5.74) is -1.43. The number of nitrogens with zero attached hydrogens (tertiary/aromatic N) is 1. The molecule has 1 atom stereocenters. The maximum atomic E-state index is 13.1. The molecule has 1 saturated heterocycles. The molecule has 0 aliphatic carbocycles. The van der Waals surface area contributed by atoms with Gasteiger partial charge in [0.1, 0.15) is 5.82 Å². The quantitative estimate of drug-likeness (QED) is 0.784. The van der Waals surface area contributed by atoms with Crippen LogP contribution in [-0.2, 0) is 9.53 Å². The first-order chi connectivity index (χ1) is 8.98. The van der Waals surface area contributed by atoms with Gasteiger partial charge in [0.25, 0.3) is 5.91 Å². The first kappa shape index (κ1) is 13.4. The van der Waals surface area contributed by atoms with Crippen LogP contribution in [0.2, 0.25) is 0 Å². The standard InChI is InChI=1S/C12H13FN2O4/c1-12(19-6-5-16)10(17)15(11(18)14-12)9-4-2-3-8(13)7-9/h2-4,7,16H,5-6H2,1H3,(H,14,18). The van der Waals surface area contributed by atoms with Crippen LogP contribution >= 0.6 is 0 Å². The Hall–Kier alpha value is -1.99. The van der Waals surface area contributed by atoms with Crippen LogP contribution in [0.4, 0.5) is 14.9 Å². The highest BCUT2D eigenvalue weighted by Gasteiger charge is 2.49. The molecule has 1 aliphatic heterocycles. The third-order valence-electron chi connectivity index (χ3n) is 2.71. The lowest BCUT2D eigenvalue weighted by atomic mass is 10.2. The van der Waals surface area contributed by atoms with Crippen molar-refractivity contribution in [2.45, 2.75) is 12.6 Å². The Balaban J connectivity index is 2.28. The smallest absolute Gasteiger partial charge is 0.331 e. The molecule has 2 rings (SSSR count). The third kappa shape index (κ3) is 2.42. The van der Waals surface area contributed by atoms with E-state index in [-0.39, 0.29) is 18.9 Å². The van der Waals surface area contributed by atoms with Gasteiger partial charge >= 0.3 is 6.03 Å². The second-order valence-corrected chi connectivity index (χ2v) is 4.16. The van der Waals surface area contributed by atoms with Crippen molar-refractivity contribution >= 4 is 17.6 Å². The summed E-state index contributed by atoms with van der Waals surface area (Å²) >= 11 is 0. The van der Waals surface area contributed by atoms with Gasteiger partial charge in [0.05, 0.1) is 18.9 Å². The zero-order valence-electron chi connectivity index (χ0n) is 10.2. The summed E-state index contributed by atoms with van der Waals surface area (Å²) in [6.45, 7) is 1.00. The Morgan fingerprint density at radius 1 is 1.47 bits per heavy atom. The Labute approximate surface area is 108 Å². The van der Waals surface area contributed by atoms with Crippen molar-refractivity contribution in [3.05, 3.63) is 30.1 Å². The van der Waals surface area contributed by atoms with Crippen molar-refractivity contribution in [2.75, 3.05) is 18.1 Å². The summed E-state index contributed by atoms with van der Waals surface area (Å²) in [5.74, 6) is -1.21. The van der Waals surface area contributed by atoms with Crippen LogP contribution in [-0.4, -0.2) is 36.0 Å². The summed E-state index contributed by atoms with van der Waals surface area (Å²) in [6, 6.07) is 4.43. The minimum absolute atomic E-state index is 0.0977. The van der Waals surface area contributed by atoms with Crippen LogP contribution in [0.25, 0.3) is 0 Å². The monoisotopic (exact) mass is 268 g/mol. The van der Waals surface area contributed by atoms with E-state index >= 15 is 0 Å². The molecule has 2 N–H and O–H groups in total. The number of rotatable bonds is 4. The average Bonchev–Trinajstić information content (AvgIpc) is 2.58. The molecule has 19 heavy (non-hydrogen) atoms. The van der Waals surface area contributed by atoms with Gasteiger partial charge < -0.3 is 15.2 Å². The van der Waals surface area contributed by atoms with Crippen LogP contribution in [0, 0.1) is 5.82 Å². The van der Waals surface area contributed by atoms with E-state index in [0.29, 0.717) is 0 Å². The molecule has 1 unspecified atom stereocenters. The fourth-order valence-electron chi connectivity index (χ4n) is 1.82. The average molecular weight is 268 g/mol. The van der Waals surface area contributed by atoms with Gasteiger partial charge in [-0.2, -0.15) is 0 Å². The van der Waals surface area contributed by atoms with Crippen molar-refractivity contribution in [1.29, 1.82) is 0 Å². The molecule has 7 heteroatoms. The van der Waals surface area contributed by atoms with Crippen LogP contribution in [0.3, 0.4) is 0 Å². The second kappa shape index (κ2) is 4.94. The molecule has 1 aromatic carbocycles. The SMILES string of the molecule is CC1(OCCO)NC(=O)N(c2cccc(F)c2)C1=O. The number of imide groups is 1. The van der Waals surface area contributed by atoms with Crippen LogP contribution in [0.15, 0.2) is 24.3 Å². The molecule has 3 amide bonds. The fraction of sp³-hybridized carbons (Fsp3) is 0.333. The molecule has 0 spiro atoms. The minimum Gasteiger partial charge on any atom is -0.394 e. The van der Waals surface area contributed by atoms with Gasteiger partial charge in [-0.15, -0.1) is 0 Å². The van der Waals surface area contributed by atoms with E-state index in [1.807, 2.05) is 0 Å². The molecule has 0 aromatic heterocycles. The van der Waals surface area contributed by atoms with Crippen LogP contribution < -0.4 is 10.2 Å². The van der Waals surface area contributed by atoms with Gasteiger partial charge in [0, 0.05) is 0 Å². The van der Waals surface area contributed by atoms with E-state index in [2.05, 4.69) is 5.32 Å². The van der Waals surface area contributed by atoms with Crippen LogP contribution in [0.5, 0.6) is 0 Å². The topological polar surface area (TPSA) is 78.9 Å². The van der Waals surface area contributed by atoms with Crippen molar-refractivity contribution < 1.29 is 23.8 Å². The van der Waals surface area contributed by atoms with E-state index in [4.69, 9.17) is 9.84 Å². The number of ether oxygens (including phenoxy) is 1. The van der Waals surface area contributed by atoms with Gasteiger partial charge in [-0.25, -0.2) is 14.1 Å². The van der Waals surface area contributed by atoms with Crippen molar-refractivity contribution in [3.63, 3.8) is 0 Å². The lowest BCUT2D eigenvalue weighted by molar-refractivity contribution is -0.141. The molecule has 102 valence electrons. The Morgan fingerprint density at radius 2 is 2.21 bits per heavy atom. The number of anilines is 1. The first-order valence-electron chi connectivity index (χ1n) is 5.65. The Morgan fingerprint density at radius 3 is 2.84 bits per heavy atom. The fourth-order valence-corrected chi connectivity index (χ4v) is 1.82. The number of carbonyl (C=O) groups is 2. The number of aliphatic hydroxyl groups is 1. The van der Waals surface area contributed by atoms with E-state index < -0.39 is 23.5 Å². The number of hydrogen-bond acceptors (Lipinski definition) is 4. The van der Waals surface area contributed by atoms with Gasteiger partial charge in [-0.1, -0.05) is 6.07 Å². The number of nitrogens with one attached hydrogen (secondary N) is 1. The zero-order valence-corrected chi connectivity index (χ0v) is 10.2. The highest BCUT2D eigenvalue weighted by atomic mass is 19.1. The highest BCUT2D eigenvalue weighted by Crippen LogP contribution is 2.25. The largest absolute Gasteiger partial charge is 0.394 e. The molecule has 1 fully saturated rings. The molecular weight excluding hydrogens is 255 g/mol. The Kier molecular flexibility index (Phi) is 3.50. The molecule has 0 radical (unpaired) electrons. The molecule has 0 saturated carbocycles. The van der Waals surface area contributed by atoms with Crippen molar-refractivity contribution in [3.8, 4) is 0 Å². The first-order valence-corrected chi connectivity index (χ1v) is 5.65. The highest BCUT2D eigenvalue weighted by molar-refractivity contribution is 6.22. The van der Waals surface area contributed by atoms with Crippen molar-refractivity contribution in [1.82, 2.24) is 5.32 Å². The maximum Gasteiger partial charge on any atom is 0.331 e. The van der Waals surface area contributed by atoms with E-state index in [1.165, 1.54) is 25.1 Å². The zero-order chi connectivity index (χ0) is 14.0. The summed E-state index contributed by atoms with van der Waals surface area (Å²) in [6.07, 6.45) is 0. The lowest BCUT2D eigenvalue weighted by Crippen LogP contribution is -2.47. The van der Waals surface area contributed by atoms with Gasteiger partial charge in [-0.3, -0.25) is 4.79 Å².